The third-order valence-corrected chi connectivity index (χ3v) is 5.00. The number of nitriles is 1. The fourth-order valence-electron chi connectivity index (χ4n) is 3.44. The first kappa shape index (κ1) is 18.8. The lowest BCUT2D eigenvalue weighted by atomic mass is 9.91. The molecule has 1 fully saturated rings. The smallest absolute Gasteiger partial charge is 0.158 e. The molecule has 4 rings (SSSR count). The fraction of sp³-hybridized carbons (Fsp3) is 0.286. The van der Waals surface area contributed by atoms with E-state index in [1.165, 1.54) is 12.4 Å². The lowest BCUT2D eigenvalue weighted by molar-refractivity contribution is 0.411. The van der Waals surface area contributed by atoms with Crippen LogP contribution >= 0.6 is 0 Å². The molecule has 0 unspecified atom stereocenters. The van der Waals surface area contributed by atoms with E-state index in [1.807, 2.05) is 42.5 Å². The van der Waals surface area contributed by atoms with Crippen LogP contribution in [0.2, 0.25) is 0 Å². The highest BCUT2D eigenvalue weighted by Gasteiger charge is 2.20. The van der Waals surface area contributed by atoms with E-state index in [0.717, 1.165) is 42.6 Å². The molecule has 1 saturated carbocycles. The molecule has 2 heterocycles. The minimum Gasteiger partial charge on any atom is -0.380 e. The third-order valence-electron chi connectivity index (χ3n) is 5.00. The van der Waals surface area contributed by atoms with Crippen LogP contribution in [0, 0.1) is 11.3 Å². The summed E-state index contributed by atoms with van der Waals surface area (Å²) in [5.74, 6) is 1.05. The SMILES string of the molecule is N#Cc1cnc(Nc2cc(NC3CCC(N)CC3)c(-c3ccccc3)nn2)cn1. The van der Waals surface area contributed by atoms with Gasteiger partial charge >= 0.3 is 0 Å². The maximum Gasteiger partial charge on any atom is 0.158 e. The number of nitrogens with one attached hydrogen (secondary N) is 2. The quantitative estimate of drug-likeness (QED) is 0.610. The molecule has 0 atom stereocenters. The van der Waals surface area contributed by atoms with E-state index in [1.54, 1.807) is 0 Å². The van der Waals surface area contributed by atoms with Crippen molar-refractivity contribution in [1.29, 1.82) is 5.26 Å². The normalized spacial score (nSPS) is 18.6. The Labute approximate surface area is 169 Å². The third kappa shape index (κ3) is 4.65. The second kappa shape index (κ2) is 8.63. The van der Waals surface area contributed by atoms with Crippen LogP contribution in [0.5, 0.6) is 0 Å². The van der Waals surface area contributed by atoms with Crippen molar-refractivity contribution in [2.75, 3.05) is 10.6 Å². The molecular formula is C21H22N8. The maximum absolute atomic E-state index is 8.85. The second-order valence-corrected chi connectivity index (χ2v) is 7.14. The molecule has 0 saturated heterocycles. The highest BCUT2D eigenvalue weighted by molar-refractivity contribution is 5.76. The molecule has 3 aromatic rings. The van der Waals surface area contributed by atoms with Crippen molar-refractivity contribution in [2.45, 2.75) is 37.8 Å². The molecule has 0 radical (unpaired) electrons. The van der Waals surface area contributed by atoms with E-state index in [2.05, 4.69) is 30.8 Å². The first-order valence-electron chi connectivity index (χ1n) is 9.65. The van der Waals surface area contributed by atoms with Gasteiger partial charge in [-0.25, -0.2) is 9.97 Å². The monoisotopic (exact) mass is 386 g/mol. The van der Waals surface area contributed by atoms with Gasteiger partial charge in [-0.05, 0) is 25.7 Å². The summed E-state index contributed by atoms with van der Waals surface area (Å²) in [6, 6.07) is 14.5. The number of nitrogens with two attached hydrogens (primary N) is 1. The molecule has 0 spiro atoms. The fourth-order valence-corrected chi connectivity index (χ4v) is 3.44. The average molecular weight is 386 g/mol. The molecule has 2 aromatic heterocycles. The van der Waals surface area contributed by atoms with Crippen LogP contribution in [0.1, 0.15) is 31.4 Å². The molecule has 146 valence electrons. The Bertz CT molecular complexity index is 989. The minimum atomic E-state index is 0.263. The molecule has 4 N–H and O–H groups in total. The van der Waals surface area contributed by atoms with Crippen LogP contribution in [-0.4, -0.2) is 32.2 Å². The van der Waals surface area contributed by atoms with E-state index < -0.39 is 0 Å². The summed E-state index contributed by atoms with van der Waals surface area (Å²) in [6.45, 7) is 0. The zero-order valence-electron chi connectivity index (χ0n) is 15.9. The Morgan fingerprint density at radius 2 is 1.76 bits per heavy atom. The highest BCUT2D eigenvalue weighted by atomic mass is 15.2. The number of rotatable bonds is 5. The lowest BCUT2D eigenvalue weighted by Crippen LogP contribution is -2.33. The Kier molecular flexibility index (Phi) is 5.59. The molecular weight excluding hydrogens is 364 g/mol. The van der Waals surface area contributed by atoms with Crippen molar-refractivity contribution in [2.24, 2.45) is 5.73 Å². The Balaban J connectivity index is 1.61. The Morgan fingerprint density at radius 3 is 2.45 bits per heavy atom. The van der Waals surface area contributed by atoms with Gasteiger partial charge in [0.1, 0.15) is 17.6 Å². The van der Waals surface area contributed by atoms with Crippen LogP contribution in [0.4, 0.5) is 17.3 Å². The van der Waals surface area contributed by atoms with E-state index in [-0.39, 0.29) is 5.69 Å². The van der Waals surface area contributed by atoms with Gasteiger partial charge in [0.15, 0.2) is 11.5 Å². The van der Waals surface area contributed by atoms with Gasteiger partial charge in [-0.2, -0.15) is 5.26 Å². The van der Waals surface area contributed by atoms with Gasteiger partial charge in [0.05, 0.1) is 18.1 Å². The Hall–Kier alpha value is -3.57. The van der Waals surface area contributed by atoms with Crippen molar-refractivity contribution in [1.82, 2.24) is 20.2 Å². The molecule has 1 aliphatic carbocycles. The summed E-state index contributed by atoms with van der Waals surface area (Å²) < 4.78 is 0. The van der Waals surface area contributed by atoms with Gasteiger partial charge in [-0.15, -0.1) is 10.2 Å². The minimum absolute atomic E-state index is 0.263. The van der Waals surface area contributed by atoms with Crippen molar-refractivity contribution in [3.05, 3.63) is 54.5 Å². The second-order valence-electron chi connectivity index (χ2n) is 7.14. The van der Waals surface area contributed by atoms with Crippen molar-refractivity contribution >= 4 is 17.3 Å². The standard InChI is InChI=1S/C21H22N8/c22-11-17-12-25-20(13-24-17)27-19-10-18(26-16-8-6-15(23)7-9-16)21(29-28-19)14-4-2-1-3-5-14/h1-5,10,12-13,15-16H,6-9,23H2,(H2,25,26,27,28). The summed E-state index contributed by atoms with van der Waals surface area (Å²) in [6.07, 6.45) is 7.01. The predicted octanol–water partition coefficient (Wildman–Crippen LogP) is 3.23. The van der Waals surface area contributed by atoms with Gasteiger partial charge in [0.2, 0.25) is 0 Å². The molecule has 8 heteroatoms. The predicted molar refractivity (Wildman–Crippen MR) is 111 cm³/mol. The Morgan fingerprint density at radius 1 is 0.966 bits per heavy atom. The first-order valence-corrected chi connectivity index (χ1v) is 9.65. The number of aromatic nitrogens is 4. The molecule has 8 nitrogen and oxygen atoms in total. The molecule has 29 heavy (non-hydrogen) atoms. The van der Waals surface area contributed by atoms with Gasteiger partial charge in [-0.1, -0.05) is 30.3 Å². The summed E-state index contributed by atoms with van der Waals surface area (Å²) in [5, 5.41) is 24.4. The summed E-state index contributed by atoms with van der Waals surface area (Å²) in [5.41, 5.74) is 9.03. The topological polar surface area (TPSA) is 125 Å². The van der Waals surface area contributed by atoms with Gasteiger partial charge < -0.3 is 16.4 Å². The zero-order chi connectivity index (χ0) is 20.1. The van der Waals surface area contributed by atoms with Crippen molar-refractivity contribution < 1.29 is 0 Å². The first-order chi connectivity index (χ1) is 14.2. The van der Waals surface area contributed by atoms with Gasteiger partial charge in [0.25, 0.3) is 0 Å². The molecule has 1 aliphatic rings. The molecule has 0 aliphatic heterocycles. The molecule has 1 aromatic carbocycles. The number of benzene rings is 1. The van der Waals surface area contributed by atoms with Crippen LogP contribution in [0.15, 0.2) is 48.8 Å². The number of anilines is 3. The highest BCUT2D eigenvalue weighted by Crippen LogP contribution is 2.30. The number of hydrogen-bond donors (Lipinski definition) is 3. The van der Waals surface area contributed by atoms with Crippen LogP contribution in [0.25, 0.3) is 11.3 Å². The largest absolute Gasteiger partial charge is 0.380 e. The van der Waals surface area contributed by atoms with Crippen molar-refractivity contribution in [3.8, 4) is 17.3 Å². The van der Waals surface area contributed by atoms with Crippen LogP contribution < -0.4 is 16.4 Å². The van der Waals surface area contributed by atoms with Gasteiger partial charge in [-0.3, -0.25) is 0 Å². The molecule has 0 amide bonds. The number of hydrogen-bond acceptors (Lipinski definition) is 8. The van der Waals surface area contributed by atoms with E-state index in [9.17, 15) is 0 Å². The van der Waals surface area contributed by atoms with Crippen LogP contribution in [0.3, 0.4) is 0 Å². The summed E-state index contributed by atoms with van der Waals surface area (Å²) in [7, 11) is 0. The van der Waals surface area contributed by atoms with E-state index in [4.69, 9.17) is 11.0 Å². The van der Waals surface area contributed by atoms with Crippen LogP contribution in [-0.2, 0) is 0 Å². The average Bonchev–Trinajstić information content (AvgIpc) is 2.77. The van der Waals surface area contributed by atoms with Gasteiger partial charge in [0, 0.05) is 23.7 Å². The van der Waals surface area contributed by atoms with E-state index in [0.29, 0.717) is 23.7 Å². The van der Waals surface area contributed by atoms with E-state index >= 15 is 0 Å². The summed E-state index contributed by atoms with van der Waals surface area (Å²) >= 11 is 0. The number of nitrogens with zero attached hydrogens (tertiary/aromatic N) is 5. The summed E-state index contributed by atoms with van der Waals surface area (Å²) in [4.78, 5) is 8.20. The van der Waals surface area contributed by atoms with Crippen molar-refractivity contribution in [3.63, 3.8) is 0 Å². The zero-order valence-corrected chi connectivity index (χ0v) is 15.9. The molecule has 0 bridgehead atoms. The lowest BCUT2D eigenvalue weighted by Gasteiger charge is -2.28. The maximum atomic E-state index is 8.85.